The van der Waals surface area contributed by atoms with Crippen molar-refractivity contribution in [3.63, 3.8) is 0 Å². The maximum absolute atomic E-state index is 5.55. The van der Waals surface area contributed by atoms with E-state index < -0.39 is 0 Å². The predicted octanol–water partition coefficient (Wildman–Crippen LogP) is -0.0538. The molecule has 11 heavy (non-hydrogen) atoms. The smallest absolute Gasteiger partial charge is 0.246 e. The molecule has 0 spiro atoms. The highest BCUT2D eigenvalue weighted by Gasteiger charge is 2.05. The summed E-state index contributed by atoms with van der Waals surface area (Å²) >= 11 is 0. The molecule has 0 amide bonds. The molecule has 0 bridgehead atoms. The van der Waals surface area contributed by atoms with E-state index in [9.17, 15) is 0 Å². The van der Waals surface area contributed by atoms with Gasteiger partial charge in [-0.15, -0.1) is 5.10 Å². The van der Waals surface area contributed by atoms with E-state index in [2.05, 4.69) is 10.1 Å². The SMILES string of the molecule is CCn1nc(N(C)C)nc1N. The van der Waals surface area contributed by atoms with Gasteiger partial charge in [-0.1, -0.05) is 0 Å². The Kier molecular flexibility index (Phi) is 1.98. The van der Waals surface area contributed by atoms with Crippen molar-refractivity contribution in [2.75, 3.05) is 24.7 Å². The molecule has 62 valence electrons. The Morgan fingerprint density at radius 3 is 2.45 bits per heavy atom. The Morgan fingerprint density at radius 1 is 1.55 bits per heavy atom. The van der Waals surface area contributed by atoms with E-state index in [4.69, 9.17) is 5.73 Å². The normalized spacial score (nSPS) is 10.1. The molecule has 0 atom stereocenters. The van der Waals surface area contributed by atoms with E-state index in [-0.39, 0.29) is 0 Å². The van der Waals surface area contributed by atoms with Gasteiger partial charge in [0.15, 0.2) is 0 Å². The number of nitrogens with zero attached hydrogens (tertiary/aromatic N) is 4. The van der Waals surface area contributed by atoms with E-state index in [1.807, 2.05) is 25.9 Å². The summed E-state index contributed by atoms with van der Waals surface area (Å²) in [6.45, 7) is 2.73. The van der Waals surface area contributed by atoms with Gasteiger partial charge in [-0.25, -0.2) is 4.68 Å². The van der Waals surface area contributed by atoms with E-state index in [1.165, 1.54) is 0 Å². The maximum atomic E-state index is 5.55. The Bertz CT molecular complexity index is 239. The van der Waals surface area contributed by atoms with E-state index in [0.717, 1.165) is 6.54 Å². The number of hydrogen-bond acceptors (Lipinski definition) is 4. The van der Waals surface area contributed by atoms with Crippen molar-refractivity contribution in [3.05, 3.63) is 0 Å². The number of nitrogens with two attached hydrogens (primary N) is 1. The molecule has 1 rings (SSSR count). The Labute approximate surface area is 65.8 Å². The molecular weight excluding hydrogens is 142 g/mol. The number of rotatable bonds is 2. The summed E-state index contributed by atoms with van der Waals surface area (Å²) in [5, 5.41) is 4.13. The summed E-state index contributed by atoms with van der Waals surface area (Å²) in [5.74, 6) is 1.13. The minimum Gasteiger partial charge on any atom is -0.368 e. The van der Waals surface area contributed by atoms with Gasteiger partial charge in [0, 0.05) is 20.6 Å². The van der Waals surface area contributed by atoms with Gasteiger partial charge in [-0.2, -0.15) is 4.98 Å². The monoisotopic (exact) mass is 155 g/mol. The van der Waals surface area contributed by atoms with Crippen molar-refractivity contribution in [2.45, 2.75) is 13.5 Å². The third-order valence-electron chi connectivity index (χ3n) is 1.39. The minimum absolute atomic E-state index is 0.469. The lowest BCUT2D eigenvalue weighted by molar-refractivity contribution is 0.667. The molecule has 0 radical (unpaired) electrons. The lowest BCUT2D eigenvalue weighted by Crippen LogP contribution is -2.11. The van der Waals surface area contributed by atoms with Crippen LogP contribution in [-0.4, -0.2) is 28.9 Å². The average Bonchev–Trinajstić information content (AvgIpc) is 2.31. The van der Waals surface area contributed by atoms with Crippen LogP contribution in [0.4, 0.5) is 11.9 Å². The van der Waals surface area contributed by atoms with Gasteiger partial charge < -0.3 is 10.6 Å². The highest BCUT2D eigenvalue weighted by Crippen LogP contribution is 2.06. The van der Waals surface area contributed by atoms with Crippen LogP contribution in [0.3, 0.4) is 0 Å². The molecule has 0 aliphatic rings. The van der Waals surface area contributed by atoms with E-state index in [0.29, 0.717) is 11.9 Å². The van der Waals surface area contributed by atoms with Crippen LogP contribution in [0.2, 0.25) is 0 Å². The van der Waals surface area contributed by atoms with Crippen molar-refractivity contribution >= 4 is 11.9 Å². The van der Waals surface area contributed by atoms with Gasteiger partial charge >= 0.3 is 0 Å². The molecule has 1 aromatic heterocycles. The number of aryl methyl sites for hydroxylation is 1. The highest BCUT2D eigenvalue weighted by molar-refractivity contribution is 5.32. The second kappa shape index (κ2) is 2.77. The topological polar surface area (TPSA) is 60.0 Å². The molecule has 0 aromatic carbocycles. The lowest BCUT2D eigenvalue weighted by Gasteiger charge is -2.03. The van der Waals surface area contributed by atoms with Gasteiger partial charge in [0.25, 0.3) is 0 Å². The number of hydrogen-bond donors (Lipinski definition) is 1. The third kappa shape index (κ3) is 1.42. The standard InChI is InChI=1S/C6H13N5/c1-4-11-5(7)8-6(9-11)10(2)3/h4H2,1-3H3,(H2,7,8,9). The van der Waals surface area contributed by atoms with E-state index >= 15 is 0 Å². The minimum atomic E-state index is 0.469. The molecule has 0 unspecified atom stereocenters. The molecule has 0 saturated carbocycles. The van der Waals surface area contributed by atoms with Crippen LogP contribution in [-0.2, 0) is 6.54 Å². The van der Waals surface area contributed by atoms with Crippen LogP contribution < -0.4 is 10.6 Å². The van der Waals surface area contributed by atoms with Gasteiger partial charge in [-0.05, 0) is 6.92 Å². The Balaban J connectivity index is 2.95. The summed E-state index contributed by atoms with van der Waals surface area (Å²) < 4.78 is 1.66. The van der Waals surface area contributed by atoms with Crippen molar-refractivity contribution in [3.8, 4) is 0 Å². The van der Waals surface area contributed by atoms with Gasteiger partial charge in [-0.3, -0.25) is 0 Å². The summed E-state index contributed by atoms with van der Waals surface area (Å²) in [7, 11) is 3.77. The number of nitrogen functional groups attached to an aromatic ring is 1. The first kappa shape index (κ1) is 7.84. The fourth-order valence-corrected chi connectivity index (χ4v) is 0.764. The number of anilines is 2. The van der Waals surface area contributed by atoms with E-state index in [1.54, 1.807) is 4.68 Å². The fourth-order valence-electron chi connectivity index (χ4n) is 0.764. The van der Waals surface area contributed by atoms with Crippen molar-refractivity contribution in [1.29, 1.82) is 0 Å². The average molecular weight is 155 g/mol. The molecule has 0 saturated heterocycles. The van der Waals surface area contributed by atoms with Crippen LogP contribution in [0.25, 0.3) is 0 Å². The van der Waals surface area contributed by atoms with Crippen LogP contribution in [0.15, 0.2) is 0 Å². The Morgan fingerprint density at radius 2 is 2.18 bits per heavy atom. The van der Waals surface area contributed by atoms with Gasteiger partial charge in [0.05, 0.1) is 0 Å². The second-order valence-corrected chi connectivity index (χ2v) is 2.48. The summed E-state index contributed by atoms with van der Waals surface area (Å²) in [6.07, 6.45) is 0. The molecular formula is C6H13N5. The molecule has 2 N–H and O–H groups in total. The molecule has 5 nitrogen and oxygen atoms in total. The second-order valence-electron chi connectivity index (χ2n) is 2.48. The van der Waals surface area contributed by atoms with Gasteiger partial charge in [0.1, 0.15) is 0 Å². The number of aromatic nitrogens is 3. The first-order valence-electron chi connectivity index (χ1n) is 3.52. The molecule has 5 heteroatoms. The third-order valence-corrected chi connectivity index (χ3v) is 1.39. The Hall–Kier alpha value is -1.26. The quantitative estimate of drug-likeness (QED) is 0.650. The summed E-state index contributed by atoms with van der Waals surface area (Å²) in [4.78, 5) is 5.86. The zero-order valence-corrected chi connectivity index (χ0v) is 7.07. The molecule has 0 fully saturated rings. The largest absolute Gasteiger partial charge is 0.368 e. The summed E-state index contributed by atoms with van der Waals surface area (Å²) in [6, 6.07) is 0. The fraction of sp³-hybridized carbons (Fsp3) is 0.667. The first-order chi connectivity index (χ1) is 5.15. The van der Waals surface area contributed by atoms with Crippen molar-refractivity contribution in [2.24, 2.45) is 0 Å². The van der Waals surface area contributed by atoms with Gasteiger partial charge in [0.2, 0.25) is 11.9 Å². The predicted molar refractivity (Wildman–Crippen MR) is 44.4 cm³/mol. The molecule has 0 aliphatic heterocycles. The first-order valence-corrected chi connectivity index (χ1v) is 3.52. The summed E-state index contributed by atoms with van der Waals surface area (Å²) in [5.41, 5.74) is 5.55. The molecule has 0 aliphatic carbocycles. The van der Waals surface area contributed by atoms with Crippen LogP contribution in [0.5, 0.6) is 0 Å². The van der Waals surface area contributed by atoms with Crippen molar-refractivity contribution < 1.29 is 0 Å². The lowest BCUT2D eigenvalue weighted by atomic mass is 10.8. The maximum Gasteiger partial charge on any atom is 0.246 e. The zero-order valence-electron chi connectivity index (χ0n) is 7.07. The van der Waals surface area contributed by atoms with Crippen molar-refractivity contribution in [1.82, 2.24) is 14.8 Å². The zero-order chi connectivity index (χ0) is 8.43. The highest BCUT2D eigenvalue weighted by atomic mass is 15.4. The molecule has 1 aromatic rings. The van der Waals surface area contributed by atoms with Crippen LogP contribution in [0, 0.1) is 0 Å². The van der Waals surface area contributed by atoms with Crippen LogP contribution >= 0.6 is 0 Å². The molecule has 1 heterocycles. The van der Waals surface area contributed by atoms with Crippen LogP contribution in [0.1, 0.15) is 6.92 Å².